The molecule has 2 aromatic carbocycles. The van der Waals surface area contributed by atoms with Crippen LogP contribution in [0.1, 0.15) is 37.4 Å². The Morgan fingerprint density at radius 1 is 1.24 bits per heavy atom. The molecule has 10 heteroatoms. The van der Waals surface area contributed by atoms with E-state index < -0.39 is 23.2 Å². The number of hydrogen-bond donors (Lipinski definition) is 2. The normalized spacial score (nSPS) is 15.4. The van der Waals surface area contributed by atoms with E-state index in [1.54, 1.807) is 30.3 Å². The molecule has 1 aromatic heterocycles. The van der Waals surface area contributed by atoms with Gasteiger partial charge in [-0.1, -0.05) is 29.8 Å². The number of aromatic amines is 1. The van der Waals surface area contributed by atoms with Crippen LogP contribution in [0.5, 0.6) is 11.6 Å². The Bertz CT molecular complexity index is 1360. The van der Waals surface area contributed by atoms with Gasteiger partial charge in [0.15, 0.2) is 0 Å². The van der Waals surface area contributed by atoms with E-state index in [4.69, 9.17) is 16.3 Å². The van der Waals surface area contributed by atoms with Gasteiger partial charge in [-0.2, -0.15) is 5.10 Å². The molecule has 4 rings (SSSR count). The lowest BCUT2D eigenvalue weighted by atomic mass is 9.99. The van der Waals surface area contributed by atoms with Crippen molar-refractivity contribution >= 4 is 23.2 Å². The quantitative estimate of drug-likeness (QED) is 0.597. The van der Waals surface area contributed by atoms with Gasteiger partial charge in [0.05, 0.1) is 24.0 Å². The number of rotatable bonds is 5. The zero-order valence-corrected chi connectivity index (χ0v) is 18.7. The number of benzene rings is 2. The highest BCUT2D eigenvalue weighted by atomic mass is 35.5. The number of carbonyl (C=O) groups is 1. The number of ether oxygens (including phenoxy) is 1. The number of nitrogens with one attached hydrogen (secondary N) is 1. The molecule has 1 atom stereocenters. The van der Waals surface area contributed by atoms with Crippen LogP contribution in [-0.4, -0.2) is 37.9 Å². The van der Waals surface area contributed by atoms with E-state index in [1.165, 1.54) is 18.0 Å². The number of aromatic nitrogens is 2. The van der Waals surface area contributed by atoms with Crippen LogP contribution in [0.2, 0.25) is 5.02 Å². The second-order valence-corrected chi connectivity index (χ2v) is 7.84. The minimum Gasteiger partial charge on any atom is -0.494 e. The minimum absolute atomic E-state index is 0.165. The summed E-state index contributed by atoms with van der Waals surface area (Å²) < 4.78 is 6.40. The monoisotopic (exact) mass is 468 g/mol. The summed E-state index contributed by atoms with van der Waals surface area (Å²) >= 11 is 6.02. The lowest BCUT2D eigenvalue weighted by Crippen LogP contribution is -2.33. The summed E-state index contributed by atoms with van der Waals surface area (Å²) in [5.41, 5.74) is -0.578. The number of aromatic hydroxyl groups is 1. The number of hydrazone groups is 1. The van der Waals surface area contributed by atoms with Crippen LogP contribution in [0.15, 0.2) is 63.2 Å². The van der Waals surface area contributed by atoms with Gasteiger partial charge in [0.2, 0.25) is 11.8 Å². The fourth-order valence-corrected chi connectivity index (χ4v) is 3.99. The van der Waals surface area contributed by atoms with Crippen LogP contribution in [-0.2, 0) is 4.79 Å². The number of H-pyrrole nitrogens is 1. The van der Waals surface area contributed by atoms with Gasteiger partial charge in [-0.3, -0.25) is 14.6 Å². The molecule has 9 nitrogen and oxygen atoms in total. The molecule has 0 saturated carbocycles. The van der Waals surface area contributed by atoms with Gasteiger partial charge in [-0.25, -0.2) is 14.4 Å². The third-order valence-electron chi connectivity index (χ3n) is 5.25. The van der Waals surface area contributed by atoms with Crippen LogP contribution < -0.4 is 16.0 Å². The van der Waals surface area contributed by atoms with E-state index in [0.717, 1.165) is 10.1 Å². The second kappa shape index (κ2) is 8.95. The van der Waals surface area contributed by atoms with Gasteiger partial charge in [0.25, 0.3) is 5.56 Å². The molecule has 2 N–H and O–H groups in total. The van der Waals surface area contributed by atoms with E-state index in [0.29, 0.717) is 17.4 Å². The van der Waals surface area contributed by atoms with E-state index in [-0.39, 0.29) is 29.3 Å². The van der Waals surface area contributed by atoms with Crippen LogP contribution in [0.4, 0.5) is 0 Å². The highest BCUT2D eigenvalue weighted by Crippen LogP contribution is 2.34. The first-order valence-electron chi connectivity index (χ1n) is 10.2. The fraction of sp³-hybridized carbons (Fsp3) is 0.217. The zero-order valence-electron chi connectivity index (χ0n) is 17.9. The molecule has 1 aliphatic heterocycles. The summed E-state index contributed by atoms with van der Waals surface area (Å²) in [6.07, 6.45) is 0.165. The first-order valence-corrected chi connectivity index (χ1v) is 10.6. The summed E-state index contributed by atoms with van der Waals surface area (Å²) in [5, 5.41) is 16.9. The van der Waals surface area contributed by atoms with Gasteiger partial charge in [-0.05, 0) is 42.8 Å². The Morgan fingerprint density at radius 2 is 1.97 bits per heavy atom. The molecule has 2 heterocycles. The van der Waals surface area contributed by atoms with Crippen LogP contribution in [0, 0.1) is 0 Å². The molecule has 1 amide bonds. The van der Waals surface area contributed by atoms with Gasteiger partial charge >= 0.3 is 5.69 Å². The fourth-order valence-electron chi connectivity index (χ4n) is 3.80. The van der Waals surface area contributed by atoms with E-state index in [9.17, 15) is 19.5 Å². The maximum absolute atomic E-state index is 12.7. The summed E-state index contributed by atoms with van der Waals surface area (Å²) in [5.74, 6) is -0.221. The average molecular weight is 469 g/mol. The molecule has 1 aliphatic rings. The van der Waals surface area contributed by atoms with Crippen molar-refractivity contribution in [3.63, 3.8) is 0 Å². The molecular formula is C23H21ClN4O5. The molecule has 1 unspecified atom stereocenters. The van der Waals surface area contributed by atoms with Crippen molar-refractivity contribution in [1.82, 2.24) is 14.6 Å². The highest BCUT2D eigenvalue weighted by molar-refractivity contribution is 6.30. The third kappa shape index (κ3) is 4.27. The average Bonchev–Trinajstić information content (AvgIpc) is 3.19. The summed E-state index contributed by atoms with van der Waals surface area (Å²) in [6.45, 7) is 3.78. The smallest absolute Gasteiger partial charge is 0.335 e. The lowest BCUT2D eigenvalue weighted by molar-refractivity contribution is -0.130. The topological polar surface area (TPSA) is 117 Å². The Labute approximate surface area is 193 Å². The number of nitrogens with zero attached hydrogens (tertiary/aromatic N) is 3. The Kier molecular flexibility index (Phi) is 6.06. The Hall–Kier alpha value is -3.85. The van der Waals surface area contributed by atoms with Crippen molar-refractivity contribution in [2.45, 2.75) is 26.3 Å². The first-order chi connectivity index (χ1) is 15.8. The van der Waals surface area contributed by atoms with Crippen molar-refractivity contribution < 1.29 is 14.6 Å². The minimum atomic E-state index is -0.825. The number of amides is 1. The molecule has 0 radical (unpaired) electrons. The highest BCUT2D eigenvalue weighted by Gasteiger charge is 2.34. The number of halogens is 1. The van der Waals surface area contributed by atoms with Gasteiger partial charge in [0, 0.05) is 18.4 Å². The van der Waals surface area contributed by atoms with Crippen LogP contribution in [0.3, 0.4) is 0 Å². The summed E-state index contributed by atoms with van der Waals surface area (Å²) in [4.78, 5) is 39.7. The third-order valence-corrected chi connectivity index (χ3v) is 5.48. The van der Waals surface area contributed by atoms with Crippen molar-refractivity contribution in [3.8, 4) is 17.3 Å². The van der Waals surface area contributed by atoms with Crippen molar-refractivity contribution in [2.75, 3.05) is 6.61 Å². The molecule has 33 heavy (non-hydrogen) atoms. The van der Waals surface area contributed by atoms with Gasteiger partial charge in [-0.15, -0.1) is 0 Å². The maximum Gasteiger partial charge on any atom is 0.335 e. The molecule has 3 aromatic rings. The van der Waals surface area contributed by atoms with E-state index in [1.807, 2.05) is 19.1 Å². The molecule has 0 saturated heterocycles. The van der Waals surface area contributed by atoms with Crippen molar-refractivity contribution in [2.24, 2.45) is 5.10 Å². The predicted molar refractivity (Wildman–Crippen MR) is 123 cm³/mol. The van der Waals surface area contributed by atoms with Crippen LogP contribution >= 0.6 is 11.6 Å². The van der Waals surface area contributed by atoms with Crippen molar-refractivity contribution in [3.05, 3.63) is 85.5 Å². The molecular weight excluding hydrogens is 448 g/mol. The van der Waals surface area contributed by atoms with E-state index >= 15 is 0 Å². The number of hydrogen-bond acceptors (Lipinski definition) is 6. The Morgan fingerprint density at radius 3 is 2.61 bits per heavy atom. The lowest BCUT2D eigenvalue weighted by Gasteiger charge is -2.20. The molecule has 0 spiro atoms. The van der Waals surface area contributed by atoms with E-state index in [2.05, 4.69) is 10.1 Å². The van der Waals surface area contributed by atoms with Gasteiger partial charge in [0.1, 0.15) is 11.3 Å². The SMILES string of the molecule is CCOc1ccc(C2CC(c3c(O)n(-c4cccc(Cl)c4)c(=O)[nH]c3=O)=NN2C(C)=O)cc1. The number of carbonyl (C=O) groups excluding carboxylic acids is 1. The predicted octanol–water partition coefficient (Wildman–Crippen LogP) is 2.98. The summed E-state index contributed by atoms with van der Waals surface area (Å²) in [7, 11) is 0. The summed E-state index contributed by atoms with van der Waals surface area (Å²) in [6, 6.07) is 13.0. The Balaban J connectivity index is 1.78. The second-order valence-electron chi connectivity index (χ2n) is 7.41. The molecule has 0 bridgehead atoms. The molecule has 0 fully saturated rings. The maximum atomic E-state index is 12.7. The zero-order chi connectivity index (χ0) is 23.7. The molecule has 0 aliphatic carbocycles. The first kappa shape index (κ1) is 22.3. The van der Waals surface area contributed by atoms with Crippen molar-refractivity contribution in [1.29, 1.82) is 0 Å². The van der Waals surface area contributed by atoms with Crippen LogP contribution in [0.25, 0.3) is 5.69 Å². The standard InChI is InChI=1S/C23H21ClN4O5/c1-3-33-17-9-7-14(8-10-17)19-12-18(26-28(19)13(2)29)20-21(30)25-23(32)27(22(20)31)16-6-4-5-15(24)11-16/h4-11,19,31H,3,12H2,1-2H3,(H,25,30,32). The van der Waals surface area contributed by atoms with Gasteiger partial charge < -0.3 is 9.84 Å². The largest absolute Gasteiger partial charge is 0.494 e. The molecule has 170 valence electrons.